The Balaban J connectivity index is 1.22. The molecule has 0 atom stereocenters. The quantitative estimate of drug-likeness (QED) is 0.141. The van der Waals surface area contributed by atoms with Crippen LogP contribution in [0.3, 0.4) is 0 Å². The molecule has 0 unspecified atom stereocenters. The van der Waals surface area contributed by atoms with Gasteiger partial charge in [-0.3, -0.25) is 0 Å². The normalized spacial score (nSPS) is 12.9. The van der Waals surface area contributed by atoms with Crippen molar-refractivity contribution in [2.45, 2.75) is 39.1 Å². The van der Waals surface area contributed by atoms with Gasteiger partial charge in [0.2, 0.25) is 0 Å². The van der Waals surface area contributed by atoms with E-state index in [0.29, 0.717) is 26.4 Å². The van der Waals surface area contributed by atoms with E-state index in [1.807, 2.05) is 30.3 Å². The zero-order valence-electron chi connectivity index (χ0n) is 24.8. The molecule has 5 rings (SSSR count). The first-order chi connectivity index (χ1) is 20.7. The van der Waals surface area contributed by atoms with Crippen molar-refractivity contribution < 1.29 is 18.9 Å². The van der Waals surface area contributed by atoms with Crippen LogP contribution in [0.5, 0.6) is 11.5 Å². The van der Waals surface area contributed by atoms with Crippen molar-refractivity contribution in [3.63, 3.8) is 0 Å². The molecule has 1 saturated heterocycles. The van der Waals surface area contributed by atoms with Crippen LogP contribution in [0.15, 0.2) is 97.1 Å². The zero-order valence-corrected chi connectivity index (χ0v) is 24.8. The fraction of sp³-hybridized carbons (Fsp3) is 0.333. The molecule has 6 nitrogen and oxygen atoms in total. The van der Waals surface area contributed by atoms with Gasteiger partial charge in [-0.2, -0.15) is 0 Å². The molecular formula is C36H42N2O4. The van der Waals surface area contributed by atoms with Crippen molar-refractivity contribution in [3.05, 3.63) is 119 Å². The molecule has 0 saturated carbocycles. The van der Waals surface area contributed by atoms with E-state index in [1.54, 1.807) is 14.2 Å². The van der Waals surface area contributed by atoms with Crippen molar-refractivity contribution in [2.24, 2.45) is 0 Å². The first-order valence-electron chi connectivity index (χ1n) is 14.8. The maximum absolute atomic E-state index is 5.99. The molecule has 42 heavy (non-hydrogen) atoms. The number of hydrogen-bond donors (Lipinski definition) is 0. The molecule has 6 heteroatoms. The summed E-state index contributed by atoms with van der Waals surface area (Å²) >= 11 is 0. The molecule has 0 aromatic heterocycles. The first-order valence-corrected chi connectivity index (χ1v) is 14.8. The number of benzene rings is 4. The van der Waals surface area contributed by atoms with Crippen LogP contribution >= 0.6 is 0 Å². The molecule has 0 bridgehead atoms. The summed E-state index contributed by atoms with van der Waals surface area (Å²) in [4.78, 5) is 4.92. The summed E-state index contributed by atoms with van der Waals surface area (Å²) in [6, 6.07) is 33.9. The van der Waals surface area contributed by atoms with E-state index < -0.39 is 0 Å². The molecule has 1 aliphatic rings. The zero-order chi connectivity index (χ0) is 29.0. The maximum Gasteiger partial charge on any atom is 0.119 e. The van der Waals surface area contributed by atoms with Crippen LogP contribution in [0.1, 0.15) is 35.1 Å². The van der Waals surface area contributed by atoms with Crippen LogP contribution in [0.4, 0.5) is 11.4 Å². The Kier molecular flexibility index (Phi) is 10.7. The second-order valence-corrected chi connectivity index (χ2v) is 10.7. The van der Waals surface area contributed by atoms with E-state index in [4.69, 9.17) is 18.9 Å². The molecule has 0 radical (unpaired) electrons. The van der Waals surface area contributed by atoms with Crippen LogP contribution in [-0.4, -0.2) is 40.5 Å². The van der Waals surface area contributed by atoms with Gasteiger partial charge in [0.15, 0.2) is 0 Å². The molecule has 0 spiro atoms. The second-order valence-electron chi connectivity index (χ2n) is 10.7. The van der Waals surface area contributed by atoms with E-state index >= 15 is 0 Å². The van der Waals surface area contributed by atoms with Gasteiger partial charge in [-0.15, -0.1) is 0 Å². The monoisotopic (exact) mass is 566 g/mol. The van der Waals surface area contributed by atoms with Gasteiger partial charge in [0.25, 0.3) is 0 Å². The lowest BCUT2D eigenvalue weighted by Gasteiger charge is -2.27. The average Bonchev–Trinajstić information content (AvgIpc) is 3.58. The number of ether oxygens (including phenoxy) is 4. The molecule has 4 aromatic rings. The lowest BCUT2D eigenvalue weighted by atomic mass is 10.1. The van der Waals surface area contributed by atoms with Gasteiger partial charge in [-0.1, -0.05) is 48.5 Å². The van der Waals surface area contributed by atoms with Gasteiger partial charge in [-0.05, 0) is 83.6 Å². The van der Waals surface area contributed by atoms with E-state index in [0.717, 1.165) is 48.8 Å². The smallest absolute Gasteiger partial charge is 0.119 e. The van der Waals surface area contributed by atoms with E-state index in [-0.39, 0.29) is 0 Å². The average molecular weight is 567 g/mol. The number of nitrogens with zero attached hydrogens (tertiary/aromatic N) is 2. The Morgan fingerprint density at radius 3 is 1.76 bits per heavy atom. The highest BCUT2D eigenvalue weighted by atomic mass is 16.5. The molecule has 1 fully saturated rings. The molecule has 220 valence electrons. The van der Waals surface area contributed by atoms with Crippen molar-refractivity contribution in [1.29, 1.82) is 0 Å². The minimum absolute atomic E-state index is 0.533. The van der Waals surface area contributed by atoms with Gasteiger partial charge in [0.05, 0.1) is 40.6 Å². The molecule has 0 N–H and O–H groups in total. The van der Waals surface area contributed by atoms with Crippen LogP contribution in [0.2, 0.25) is 0 Å². The van der Waals surface area contributed by atoms with Crippen molar-refractivity contribution in [2.75, 3.05) is 50.3 Å². The van der Waals surface area contributed by atoms with Crippen molar-refractivity contribution >= 4 is 11.4 Å². The Hall–Kier alpha value is -4.00. The summed E-state index contributed by atoms with van der Waals surface area (Å²) < 4.78 is 22.6. The van der Waals surface area contributed by atoms with Gasteiger partial charge in [0.1, 0.15) is 11.5 Å². The minimum atomic E-state index is 0.533. The third-order valence-corrected chi connectivity index (χ3v) is 7.58. The number of rotatable bonds is 15. The number of methoxy groups -OCH3 is 2. The van der Waals surface area contributed by atoms with Gasteiger partial charge >= 0.3 is 0 Å². The Morgan fingerprint density at radius 2 is 1.12 bits per heavy atom. The van der Waals surface area contributed by atoms with E-state index in [9.17, 15) is 0 Å². The summed E-state index contributed by atoms with van der Waals surface area (Å²) in [7, 11) is 3.39. The van der Waals surface area contributed by atoms with Gasteiger partial charge in [-0.25, -0.2) is 0 Å². The summed E-state index contributed by atoms with van der Waals surface area (Å²) in [5, 5.41) is 0. The molecule has 0 amide bonds. The highest BCUT2D eigenvalue weighted by Gasteiger charge is 2.15. The topological polar surface area (TPSA) is 43.4 Å². The lowest BCUT2D eigenvalue weighted by Crippen LogP contribution is -2.23. The summed E-state index contributed by atoms with van der Waals surface area (Å²) in [5.41, 5.74) is 7.23. The Bertz CT molecular complexity index is 1400. The third-order valence-electron chi connectivity index (χ3n) is 7.58. The van der Waals surface area contributed by atoms with Crippen LogP contribution in [-0.2, 0) is 35.8 Å². The third kappa shape index (κ3) is 8.51. The number of hydrogen-bond acceptors (Lipinski definition) is 6. The fourth-order valence-electron chi connectivity index (χ4n) is 5.38. The standard InChI is InChI=1S/C36H42N2O4/c1-39-35-15-7-10-30(23-35)26-38(25-29-9-5-13-33(21-29)37-17-3-4-18-37)34-14-6-11-31(22-34)27-41-19-20-42-28-32-12-8-16-36(24-32)40-2/h5-16,21-24H,3-4,17-20,25-28H2,1-2H3. The lowest BCUT2D eigenvalue weighted by molar-refractivity contribution is 0.0338. The number of anilines is 2. The van der Waals surface area contributed by atoms with Crippen LogP contribution in [0.25, 0.3) is 0 Å². The predicted molar refractivity (Wildman–Crippen MR) is 170 cm³/mol. The summed E-state index contributed by atoms with van der Waals surface area (Å²) in [6.07, 6.45) is 2.55. The molecule has 1 heterocycles. The second kappa shape index (κ2) is 15.3. The highest BCUT2D eigenvalue weighted by molar-refractivity contribution is 5.53. The summed E-state index contributed by atoms with van der Waals surface area (Å²) in [6.45, 7) is 6.00. The molecular weight excluding hydrogens is 524 g/mol. The molecule has 4 aromatic carbocycles. The fourth-order valence-corrected chi connectivity index (χ4v) is 5.38. The largest absolute Gasteiger partial charge is 0.497 e. The first kappa shape index (κ1) is 29.5. The predicted octanol–water partition coefficient (Wildman–Crippen LogP) is 7.24. The molecule has 1 aliphatic heterocycles. The SMILES string of the molecule is COc1cccc(COCCOCc2cccc(N(Cc3cccc(OC)c3)Cc3cccc(N4CCCC4)c3)c2)c1. The Morgan fingerprint density at radius 1 is 0.595 bits per heavy atom. The maximum atomic E-state index is 5.99. The van der Waals surface area contributed by atoms with Crippen molar-refractivity contribution in [1.82, 2.24) is 0 Å². The molecule has 0 aliphatic carbocycles. The van der Waals surface area contributed by atoms with E-state index in [2.05, 4.69) is 76.5 Å². The van der Waals surface area contributed by atoms with Crippen molar-refractivity contribution in [3.8, 4) is 11.5 Å². The highest BCUT2D eigenvalue weighted by Crippen LogP contribution is 2.26. The van der Waals surface area contributed by atoms with Gasteiger partial charge in [0, 0.05) is 37.6 Å². The minimum Gasteiger partial charge on any atom is -0.497 e. The van der Waals surface area contributed by atoms with E-state index in [1.165, 1.54) is 35.3 Å². The van der Waals surface area contributed by atoms with Crippen LogP contribution in [0, 0.1) is 0 Å². The summed E-state index contributed by atoms with van der Waals surface area (Å²) in [5.74, 6) is 1.71. The van der Waals surface area contributed by atoms with Gasteiger partial charge < -0.3 is 28.7 Å². The van der Waals surface area contributed by atoms with Crippen LogP contribution < -0.4 is 19.3 Å². The Labute approximate surface area is 250 Å².